The standard InChI is InChI=1S/C22H19ClF3N3O2/c23-19-12-17(22(24,25)26)13-27-21(19)29-9-7-28(8-10-29)20(30)14-31-18-6-5-15-3-1-2-4-16(15)11-18/h1-6,11-13H,7-10,14H2. The number of ether oxygens (including phenoxy) is 1. The summed E-state index contributed by atoms with van der Waals surface area (Å²) in [5.74, 6) is 0.750. The minimum absolute atomic E-state index is 0.0609. The van der Waals surface area contributed by atoms with Gasteiger partial charge in [-0.1, -0.05) is 41.9 Å². The number of nitrogens with zero attached hydrogens (tertiary/aromatic N) is 3. The smallest absolute Gasteiger partial charge is 0.417 e. The molecule has 2 aromatic carbocycles. The third kappa shape index (κ3) is 4.85. The lowest BCUT2D eigenvalue weighted by Gasteiger charge is -2.35. The molecule has 5 nitrogen and oxygen atoms in total. The highest BCUT2D eigenvalue weighted by Crippen LogP contribution is 2.33. The number of alkyl halides is 3. The van der Waals surface area contributed by atoms with Crippen LogP contribution in [0.4, 0.5) is 19.0 Å². The fourth-order valence-electron chi connectivity index (χ4n) is 3.48. The topological polar surface area (TPSA) is 45.7 Å². The van der Waals surface area contributed by atoms with Crippen molar-refractivity contribution in [3.8, 4) is 5.75 Å². The van der Waals surface area contributed by atoms with E-state index in [4.69, 9.17) is 16.3 Å². The second-order valence-electron chi connectivity index (χ2n) is 7.19. The molecule has 1 fully saturated rings. The molecule has 0 unspecified atom stereocenters. The highest BCUT2D eigenvalue weighted by atomic mass is 35.5. The van der Waals surface area contributed by atoms with Gasteiger partial charge in [-0.15, -0.1) is 0 Å². The highest BCUT2D eigenvalue weighted by Gasteiger charge is 2.32. The van der Waals surface area contributed by atoms with Crippen LogP contribution in [0.25, 0.3) is 10.8 Å². The van der Waals surface area contributed by atoms with Crippen LogP contribution in [-0.4, -0.2) is 48.6 Å². The van der Waals surface area contributed by atoms with E-state index in [1.165, 1.54) is 0 Å². The van der Waals surface area contributed by atoms with Crippen LogP contribution < -0.4 is 9.64 Å². The lowest BCUT2D eigenvalue weighted by molar-refractivity contribution is -0.138. The molecular weight excluding hydrogens is 431 g/mol. The Hall–Kier alpha value is -3.00. The Kier molecular flexibility index (Phi) is 5.91. The number of piperazine rings is 1. The molecule has 0 saturated carbocycles. The Morgan fingerprint density at radius 3 is 2.42 bits per heavy atom. The summed E-state index contributed by atoms with van der Waals surface area (Å²) in [7, 11) is 0. The molecule has 1 aromatic heterocycles. The SMILES string of the molecule is O=C(COc1ccc2ccccc2c1)N1CCN(c2ncc(C(F)(F)F)cc2Cl)CC1. The number of fused-ring (bicyclic) bond motifs is 1. The van der Waals surface area contributed by atoms with Crippen LogP contribution in [0.15, 0.2) is 54.7 Å². The van der Waals surface area contributed by atoms with Gasteiger partial charge in [-0.2, -0.15) is 13.2 Å². The fraction of sp³-hybridized carbons (Fsp3) is 0.273. The predicted octanol–water partition coefficient (Wildman–Crippen LogP) is 4.63. The lowest BCUT2D eigenvalue weighted by atomic mass is 10.1. The summed E-state index contributed by atoms with van der Waals surface area (Å²) in [6, 6.07) is 14.4. The monoisotopic (exact) mass is 449 g/mol. The summed E-state index contributed by atoms with van der Waals surface area (Å²) in [6.07, 6.45) is -3.72. The molecule has 1 aliphatic rings. The van der Waals surface area contributed by atoms with Crippen LogP contribution in [-0.2, 0) is 11.0 Å². The number of carbonyl (C=O) groups excluding carboxylic acids is 1. The number of benzene rings is 2. The number of carbonyl (C=O) groups is 1. The van der Waals surface area contributed by atoms with Crippen LogP contribution in [0.1, 0.15) is 5.56 Å². The Bertz CT molecular complexity index is 1100. The summed E-state index contributed by atoms with van der Waals surface area (Å²) in [5.41, 5.74) is -0.888. The van der Waals surface area contributed by atoms with Crippen molar-refractivity contribution >= 4 is 34.1 Å². The van der Waals surface area contributed by atoms with Gasteiger partial charge in [0.1, 0.15) is 11.6 Å². The molecule has 0 N–H and O–H groups in total. The maximum absolute atomic E-state index is 12.8. The van der Waals surface area contributed by atoms with E-state index in [2.05, 4.69) is 4.98 Å². The van der Waals surface area contributed by atoms with Crippen LogP contribution in [0.5, 0.6) is 5.75 Å². The van der Waals surface area contributed by atoms with Gasteiger partial charge < -0.3 is 14.5 Å². The van der Waals surface area contributed by atoms with E-state index in [0.717, 1.165) is 23.0 Å². The average Bonchev–Trinajstić information content (AvgIpc) is 2.77. The zero-order valence-corrected chi connectivity index (χ0v) is 17.2. The van der Waals surface area contributed by atoms with Crippen molar-refractivity contribution in [1.29, 1.82) is 0 Å². The molecule has 0 radical (unpaired) electrons. The van der Waals surface area contributed by atoms with E-state index in [0.29, 0.717) is 31.9 Å². The molecule has 1 aliphatic heterocycles. The third-order valence-electron chi connectivity index (χ3n) is 5.16. The van der Waals surface area contributed by atoms with Crippen molar-refractivity contribution in [2.75, 3.05) is 37.7 Å². The second-order valence-corrected chi connectivity index (χ2v) is 7.60. The number of pyridine rings is 1. The second kappa shape index (κ2) is 8.63. The van der Waals surface area contributed by atoms with E-state index >= 15 is 0 Å². The summed E-state index contributed by atoms with van der Waals surface area (Å²) >= 11 is 6.02. The lowest BCUT2D eigenvalue weighted by Crippen LogP contribution is -2.50. The molecule has 3 aromatic rings. The van der Waals surface area contributed by atoms with Gasteiger partial charge >= 0.3 is 6.18 Å². The predicted molar refractivity (Wildman–Crippen MR) is 112 cm³/mol. The summed E-state index contributed by atoms with van der Waals surface area (Å²) in [5, 5.41) is 2.06. The quantitative estimate of drug-likeness (QED) is 0.582. The summed E-state index contributed by atoms with van der Waals surface area (Å²) < 4.78 is 44.0. The molecule has 0 atom stereocenters. The number of rotatable bonds is 4. The van der Waals surface area contributed by atoms with Crippen molar-refractivity contribution in [3.05, 3.63) is 65.3 Å². The van der Waals surface area contributed by atoms with E-state index in [1.54, 1.807) is 9.80 Å². The minimum atomic E-state index is -4.49. The van der Waals surface area contributed by atoms with E-state index < -0.39 is 11.7 Å². The number of amides is 1. The molecule has 1 saturated heterocycles. The molecule has 31 heavy (non-hydrogen) atoms. The molecule has 1 amide bonds. The van der Waals surface area contributed by atoms with Gasteiger partial charge in [0, 0.05) is 32.4 Å². The number of aromatic nitrogens is 1. The molecular formula is C22H19ClF3N3O2. The van der Waals surface area contributed by atoms with Crippen LogP contribution in [0.3, 0.4) is 0 Å². The van der Waals surface area contributed by atoms with Crippen LogP contribution in [0.2, 0.25) is 5.02 Å². The first-order chi connectivity index (χ1) is 14.8. The number of halogens is 4. The summed E-state index contributed by atoms with van der Waals surface area (Å²) in [6.45, 7) is 1.55. The summed E-state index contributed by atoms with van der Waals surface area (Å²) in [4.78, 5) is 19.8. The van der Waals surface area contributed by atoms with Crippen molar-refractivity contribution < 1.29 is 22.7 Å². The van der Waals surface area contributed by atoms with Gasteiger partial charge in [-0.05, 0) is 29.0 Å². The Morgan fingerprint density at radius 2 is 1.74 bits per heavy atom. The van der Waals surface area contributed by atoms with Gasteiger partial charge in [0.15, 0.2) is 6.61 Å². The highest BCUT2D eigenvalue weighted by molar-refractivity contribution is 6.33. The van der Waals surface area contributed by atoms with E-state index in [1.807, 2.05) is 42.5 Å². The number of anilines is 1. The maximum Gasteiger partial charge on any atom is 0.417 e. The molecule has 2 heterocycles. The van der Waals surface area contributed by atoms with Crippen LogP contribution in [0, 0.1) is 0 Å². The zero-order valence-electron chi connectivity index (χ0n) is 16.4. The Morgan fingerprint density at radius 1 is 1.03 bits per heavy atom. The molecule has 162 valence electrons. The molecule has 0 aliphatic carbocycles. The van der Waals surface area contributed by atoms with E-state index in [9.17, 15) is 18.0 Å². The zero-order chi connectivity index (χ0) is 22.0. The van der Waals surface area contributed by atoms with Crippen molar-refractivity contribution in [3.63, 3.8) is 0 Å². The normalized spacial score (nSPS) is 14.7. The van der Waals surface area contributed by atoms with Gasteiger partial charge in [0.25, 0.3) is 5.91 Å². The number of hydrogen-bond donors (Lipinski definition) is 0. The fourth-order valence-corrected chi connectivity index (χ4v) is 3.77. The maximum atomic E-state index is 12.8. The third-order valence-corrected chi connectivity index (χ3v) is 5.44. The molecule has 0 bridgehead atoms. The largest absolute Gasteiger partial charge is 0.484 e. The Labute approximate surface area is 182 Å². The van der Waals surface area contributed by atoms with Crippen molar-refractivity contribution in [1.82, 2.24) is 9.88 Å². The Balaban J connectivity index is 1.32. The van der Waals surface area contributed by atoms with Gasteiger partial charge in [0.2, 0.25) is 0 Å². The first-order valence-electron chi connectivity index (χ1n) is 9.68. The van der Waals surface area contributed by atoms with Crippen molar-refractivity contribution in [2.45, 2.75) is 6.18 Å². The molecule has 4 rings (SSSR count). The first kappa shape index (κ1) is 21.2. The average molecular weight is 450 g/mol. The van der Waals surface area contributed by atoms with E-state index in [-0.39, 0.29) is 23.4 Å². The molecule has 0 spiro atoms. The van der Waals surface area contributed by atoms with Gasteiger partial charge in [-0.3, -0.25) is 4.79 Å². The van der Waals surface area contributed by atoms with Gasteiger partial charge in [0.05, 0.1) is 10.6 Å². The van der Waals surface area contributed by atoms with Gasteiger partial charge in [-0.25, -0.2) is 4.98 Å². The minimum Gasteiger partial charge on any atom is -0.484 e. The van der Waals surface area contributed by atoms with Crippen molar-refractivity contribution in [2.24, 2.45) is 0 Å². The molecule has 9 heteroatoms. The first-order valence-corrected chi connectivity index (χ1v) is 10.1. The number of hydrogen-bond acceptors (Lipinski definition) is 4. The van der Waals surface area contributed by atoms with Crippen LogP contribution >= 0.6 is 11.6 Å².